The lowest BCUT2D eigenvalue weighted by Crippen LogP contribution is -2.07. The third-order valence-corrected chi connectivity index (χ3v) is 3.35. The number of carbonyl (C=O) groups is 1. The first kappa shape index (κ1) is 13.7. The fourth-order valence-corrected chi connectivity index (χ4v) is 2.45. The van der Waals surface area contributed by atoms with Gasteiger partial charge in [0.2, 0.25) is 0 Å². The van der Waals surface area contributed by atoms with Crippen molar-refractivity contribution >= 4 is 21.9 Å². The second kappa shape index (κ2) is 5.13. The van der Waals surface area contributed by atoms with Crippen LogP contribution in [0.15, 0.2) is 22.7 Å². The van der Waals surface area contributed by atoms with E-state index >= 15 is 0 Å². The Morgan fingerprint density at radius 3 is 2.84 bits per heavy atom. The highest BCUT2D eigenvalue weighted by Crippen LogP contribution is 2.31. The van der Waals surface area contributed by atoms with Crippen molar-refractivity contribution in [1.82, 2.24) is 9.78 Å². The van der Waals surface area contributed by atoms with Crippen molar-refractivity contribution in [3.63, 3.8) is 0 Å². The molecule has 0 spiro atoms. The zero-order valence-electron chi connectivity index (χ0n) is 10.4. The molecule has 2 rings (SSSR count). The molecule has 0 aliphatic heterocycles. The number of halogens is 2. The Morgan fingerprint density at radius 1 is 1.53 bits per heavy atom. The number of aliphatic carboxylic acids is 1. The molecule has 0 saturated heterocycles. The van der Waals surface area contributed by atoms with Gasteiger partial charge in [-0.2, -0.15) is 5.10 Å². The Labute approximate surface area is 118 Å². The fraction of sp³-hybridized carbons (Fsp3) is 0.231. The molecule has 1 aromatic carbocycles. The lowest BCUT2D eigenvalue weighted by Gasteiger charge is -2.07. The van der Waals surface area contributed by atoms with Gasteiger partial charge < -0.3 is 5.11 Å². The summed E-state index contributed by atoms with van der Waals surface area (Å²) < 4.78 is 16.2. The third kappa shape index (κ3) is 2.68. The Morgan fingerprint density at radius 2 is 2.21 bits per heavy atom. The predicted molar refractivity (Wildman–Crippen MR) is 72.4 cm³/mol. The van der Waals surface area contributed by atoms with Crippen molar-refractivity contribution in [3.8, 4) is 11.1 Å². The maximum absolute atomic E-state index is 14.0. The molecular weight excluding hydrogens is 315 g/mol. The molecule has 6 heteroatoms. The van der Waals surface area contributed by atoms with Crippen LogP contribution in [-0.2, 0) is 18.3 Å². The van der Waals surface area contributed by atoms with Crippen LogP contribution in [0.2, 0.25) is 0 Å². The lowest BCUT2D eigenvalue weighted by atomic mass is 10.0. The zero-order valence-corrected chi connectivity index (χ0v) is 12.0. The molecule has 2 aromatic rings. The lowest BCUT2D eigenvalue weighted by molar-refractivity contribution is -0.136. The number of hydrogen-bond donors (Lipinski definition) is 1. The molecule has 19 heavy (non-hydrogen) atoms. The summed E-state index contributed by atoms with van der Waals surface area (Å²) in [6.07, 6.45) is -0.196. The smallest absolute Gasteiger partial charge is 0.309 e. The van der Waals surface area contributed by atoms with Crippen LogP contribution in [0.1, 0.15) is 11.4 Å². The van der Waals surface area contributed by atoms with E-state index in [0.29, 0.717) is 22.5 Å². The highest BCUT2D eigenvalue weighted by Gasteiger charge is 2.20. The first-order chi connectivity index (χ1) is 8.90. The molecule has 0 atom stereocenters. The minimum atomic E-state index is -0.973. The summed E-state index contributed by atoms with van der Waals surface area (Å²) in [4.78, 5) is 10.9. The SMILES string of the molecule is Cc1nn(C)c(CC(=O)O)c1-c1cc(Br)ccc1F. The first-order valence-electron chi connectivity index (χ1n) is 5.60. The van der Waals surface area contributed by atoms with E-state index in [9.17, 15) is 9.18 Å². The largest absolute Gasteiger partial charge is 0.481 e. The molecule has 1 aromatic heterocycles. The number of aryl methyl sites for hydroxylation is 2. The maximum Gasteiger partial charge on any atom is 0.309 e. The van der Waals surface area contributed by atoms with E-state index < -0.39 is 11.8 Å². The third-order valence-electron chi connectivity index (χ3n) is 2.86. The normalized spacial score (nSPS) is 10.7. The topological polar surface area (TPSA) is 55.1 Å². The number of carboxylic acids is 1. The maximum atomic E-state index is 14.0. The zero-order chi connectivity index (χ0) is 14.2. The van der Waals surface area contributed by atoms with Gasteiger partial charge in [0.05, 0.1) is 17.8 Å². The predicted octanol–water partition coefficient (Wildman–Crippen LogP) is 2.92. The van der Waals surface area contributed by atoms with Crippen molar-refractivity contribution < 1.29 is 14.3 Å². The van der Waals surface area contributed by atoms with Crippen LogP contribution in [0.3, 0.4) is 0 Å². The summed E-state index contributed by atoms with van der Waals surface area (Å²) in [5.74, 6) is -1.37. The highest BCUT2D eigenvalue weighted by atomic mass is 79.9. The number of aromatic nitrogens is 2. The molecule has 0 radical (unpaired) electrons. The van der Waals surface area contributed by atoms with Crippen LogP contribution in [-0.4, -0.2) is 20.9 Å². The average Bonchev–Trinajstić information content (AvgIpc) is 2.57. The second-order valence-corrected chi connectivity index (χ2v) is 5.14. The first-order valence-corrected chi connectivity index (χ1v) is 6.39. The Hall–Kier alpha value is -1.69. The molecule has 1 heterocycles. The molecule has 0 saturated carbocycles. The Kier molecular flexibility index (Phi) is 3.71. The minimum Gasteiger partial charge on any atom is -0.481 e. The monoisotopic (exact) mass is 326 g/mol. The van der Waals surface area contributed by atoms with Gasteiger partial charge in [0.1, 0.15) is 5.82 Å². The summed E-state index contributed by atoms with van der Waals surface area (Å²) in [5, 5.41) is 13.1. The Bertz CT molecular complexity index is 652. The molecule has 0 fully saturated rings. The van der Waals surface area contributed by atoms with Crippen molar-refractivity contribution in [1.29, 1.82) is 0 Å². The Balaban J connectivity index is 2.67. The van der Waals surface area contributed by atoms with Crippen molar-refractivity contribution in [2.45, 2.75) is 13.3 Å². The summed E-state index contributed by atoms with van der Waals surface area (Å²) in [6.45, 7) is 1.74. The quantitative estimate of drug-likeness (QED) is 0.943. The summed E-state index contributed by atoms with van der Waals surface area (Å²) in [7, 11) is 1.66. The van der Waals surface area contributed by atoms with E-state index in [4.69, 9.17) is 5.11 Å². The van der Waals surface area contributed by atoms with Crippen LogP contribution >= 0.6 is 15.9 Å². The van der Waals surface area contributed by atoms with Gasteiger partial charge in [-0.3, -0.25) is 9.48 Å². The van der Waals surface area contributed by atoms with Crippen molar-refractivity contribution in [3.05, 3.63) is 39.9 Å². The van der Waals surface area contributed by atoms with Crippen LogP contribution in [0, 0.1) is 12.7 Å². The van der Waals surface area contributed by atoms with Gasteiger partial charge >= 0.3 is 5.97 Å². The fourth-order valence-electron chi connectivity index (χ4n) is 2.09. The number of benzene rings is 1. The molecule has 0 bridgehead atoms. The number of carboxylic acid groups (broad SMARTS) is 1. The second-order valence-electron chi connectivity index (χ2n) is 4.23. The van der Waals surface area contributed by atoms with Gasteiger partial charge in [-0.05, 0) is 25.1 Å². The van der Waals surface area contributed by atoms with E-state index in [1.165, 1.54) is 10.7 Å². The van der Waals surface area contributed by atoms with Gasteiger partial charge in [-0.1, -0.05) is 15.9 Å². The van der Waals surface area contributed by atoms with Crippen LogP contribution in [0.4, 0.5) is 4.39 Å². The number of hydrogen-bond acceptors (Lipinski definition) is 2. The van der Waals surface area contributed by atoms with Crippen molar-refractivity contribution in [2.24, 2.45) is 7.05 Å². The van der Waals surface area contributed by atoms with E-state index in [0.717, 1.165) is 4.47 Å². The molecular formula is C13H12BrFN2O2. The average molecular weight is 327 g/mol. The van der Waals surface area contributed by atoms with E-state index in [-0.39, 0.29) is 6.42 Å². The van der Waals surface area contributed by atoms with Gasteiger partial charge in [0.25, 0.3) is 0 Å². The van der Waals surface area contributed by atoms with Crippen LogP contribution in [0.5, 0.6) is 0 Å². The standard InChI is InChI=1S/C13H12BrFN2O2/c1-7-13(9-5-8(14)3-4-10(9)15)11(6-12(18)19)17(2)16-7/h3-5H,6H2,1-2H3,(H,18,19). The van der Waals surface area contributed by atoms with E-state index in [1.807, 2.05) is 0 Å². The molecule has 1 N–H and O–H groups in total. The highest BCUT2D eigenvalue weighted by molar-refractivity contribution is 9.10. The van der Waals surface area contributed by atoms with Gasteiger partial charge in [-0.15, -0.1) is 0 Å². The van der Waals surface area contributed by atoms with Gasteiger partial charge in [-0.25, -0.2) is 4.39 Å². The summed E-state index contributed by atoms with van der Waals surface area (Å²) in [5.41, 5.74) is 2.00. The van der Waals surface area contributed by atoms with Crippen LogP contribution in [0.25, 0.3) is 11.1 Å². The number of rotatable bonds is 3. The molecule has 0 unspecified atom stereocenters. The molecule has 0 amide bonds. The van der Waals surface area contributed by atoms with Gasteiger partial charge in [0.15, 0.2) is 0 Å². The molecule has 0 aliphatic carbocycles. The minimum absolute atomic E-state index is 0.196. The van der Waals surface area contributed by atoms with E-state index in [1.54, 1.807) is 26.1 Å². The van der Waals surface area contributed by atoms with Gasteiger partial charge in [0, 0.05) is 22.6 Å². The molecule has 0 aliphatic rings. The summed E-state index contributed by atoms with van der Waals surface area (Å²) >= 11 is 3.29. The molecule has 100 valence electrons. The van der Waals surface area contributed by atoms with Crippen molar-refractivity contribution in [2.75, 3.05) is 0 Å². The summed E-state index contributed by atoms with van der Waals surface area (Å²) in [6, 6.07) is 4.57. The molecule has 4 nitrogen and oxygen atoms in total. The van der Waals surface area contributed by atoms with Crippen LogP contribution < -0.4 is 0 Å². The number of nitrogens with zero attached hydrogens (tertiary/aromatic N) is 2. The van der Waals surface area contributed by atoms with E-state index in [2.05, 4.69) is 21.0 Å².